The molecule has 0 saturated heterocycles. The molecular formula is C27H30N2O2. The summed E-state index contributed by atoms with van der Waals surface area (Å²) in [7, 11) is 0. The van der Waals surface area contributed by atoms with Gasteiger partial charge in [0.05, 0.1) is 18.5 Å². The lowest BCUT2D eigenvalue weighted by molar-refractivity contribution is 0.282. The molecule has 31 heavy (non-hydrogen) atoms. The molecular weight excluding hydrogens is 384 g/mol. The number of rotatable bonds is 6. The van der Waals surface area contributed by atoms with Crippen molar-refractivity contribution in [2.75, 3.05) is 0 Å². The second-order valence-electron chi connectivity index (χ2n) is 8.44. The summed E-state index contributed by atoms with van der Waals surface area (Å²) in [6.45, 7) is 8.53. The van der Waals surface area contributed by atoms with E-state index in [-0.39, 0.29) is 6.61 Å². The molecule has 0 unspecified atom stereocenters. The first-order valence-corrected chi connectivity index (χ1v) is 11.1. The zero-order chi connectivity index (χ0) is 21.8. The van der Waals surface area contributed by atoms with Gasteiger partial charge in [-0.1, -0.05) is 56.2 Å². The molecule has 1 aliphatic rings. The minimum atomic E-state index is 0.0290. The molecule has 1 fully saturated rings. The van der Waals surface area contributed by atoms with E-state index in [9.17, 15) is 5.11 Å². The number of benzene rings is 2. The van der Waals surface area contributed by atoms with Crippen LogP contribution in [0.3, 0.4) is 0 Å². The van der Waals surface area contributed by atoms with E-state index in [1.807, 2.05) is 36.4 Å². The summed E-state index contributed by atoms with van der Waals surface area (Å²) in [6, 6.07) is 13.8. The van der Waals surface area contributed by atoms with Crippen LogP contribution >= 0.6 is 0 Å². The summed E-state index contributed by atoms with van der Waals surface area (Å²) in [5, 5.41) is 9.22. The number of oxazole rings is 1. The molecule has 4 nitrogen and oxygen atoms in total. The fraction of sp³-hybridized carbons (Fsp3) is 0.333. The zero-order valence-electron chi connectivity index (χ0n) is 18.4. The highest BCUT2D eigenvalue weighted by Crippen LogP contribution is 2.33. The standard InChI is InChI=1S/C27H30N2O2/c1-18-9-12-24(15-25(18)29-20(3)19(2)22-7-5-4-6-8-22)27-28-16-26(31-27)23-13-10-21(17-30)11-14-23/h9-16,22,30H,2,4-8,17H2,1,3H3. The maximum Gasteiger partial charge on any atom is 0.226 e. The molecule has 0 atom stereocenters. The molecule has 0 aliphatic heterocycles. The Kier molecular flexibility index (Phi) is 6.47. The highest BCUT2D eigenvalue weighted by molar-refractivity contribution is 6.00. The van der Waals surface area contributed by atoms with Crippen LogP contribution in [0.5, 0.6) is 0 Å². The van der Waals surface area contributed by atoms with E-state index in [2.05, 4.69) is 31.5 Å². The van der Waals surface area contributed by atoms with Crippen molar-refractivity contribution in [3.05, 3.63) is 71.9 Å². The van der Waals surface area contributed by atoms with Gasteiger partial charge in [-0.3, -0.25) is 4.99 Å². The Labute approximate surface area is 184 Å². The summed E-state index contributed by atoms with van der Waals surface area (Å²) in [4.78, 5) is 9.41. The third-order valence-electron chi connectivity index (χ3n) is 6.23. The van der Waals surface area contributed by atoms with Crippen LogP contribution in [0.2, 0.25) is 0 Å². The molecule has 3 aromatic rings. The van der Waals surface area contributed by atoms with Gasteiger partial charge in [0.15, 0.2) is 5.76 Å². The van der Waals surface area contributed by atoms with Gasteiger partial charge in [-0.15, -0.1) is 0 Å². The third kappa shape index (κ3) is 4.86. The highest BCUT2D eigenvalue weighted by atomic mass is 16.4. The number of aliphatic hydroxyl groups excluding tert-OH is 1. The molecule has 4 rings (SSSR count). The molecule has 4 heteroatoms. The predicted octanol–water partition coefficient (Wildman–Crippen LogP) is 7.04. The largest absolute Gasteiger partial charge is 0.436 e. The molecule has 1 N–H and O–H groups in total. The SMILES string of the molecule is C=C(C(C)=Nc1cc(-c2ncc(-c3ccc(CO)cc3)o2)ccc1C)C1CCCCC1. The van der Waals surface area contributed by atoms with Crippen LogP contribution in [0, 0.1) is 12.8 Å². The lowest BCUT2D eigenvalue weighted by Gasteiger charge is -2.23. The molecule has 1 aliphatic carbocycles. The fourth-order valence-corrected chi connectivity index (χ4v) is 4.18. The monoisotopic (exact) mass is 414 g/mol. The van der Waals surface area contributed by atoms with Crippen LogP contribution in [-0.4, -0.2) is 15.8 Å². The first-order valence-electron chi connectivity index (χ1n) is 11.1. The molecule has 1 aromatic heterocycles. The summed E-state index contributed by atoms with van der Waals surface area (Å²) in [5.41, 5.74) is 6.94. The van der Waals surface area contributed by atoms with Crippen molar-refractivity contribution in [2.45, 2.75) is 52.6 Å². The van der Waals surface area contributed by atoms with Gasteiger partial charge >= 0.3 is 0 Å². The quantitative estimate of drug-likeness (QED) is 0.440. The van der Waals surface area contributed by atoms with Crippen LogP contribution in [0.1, 0.15) is 50.2 Å². The van der Waals surface area contributed by atoms with E-state index in [0.29, 0.717) is 17.6 Å². The van der Waals surface area contributed by atoms with Gasteiger partial charge in [0.2, 0.25) is 5.89 Å². The molecule has 0 amide bonds. The minimum absolute atomic E-state index is 0.0290. The summed E-state index contributed by atoms with van der Waals surface area (Å²) < 4.78 is 6.03. The van der Waals surface area contributed by atoms with E-state index in [1.54, 1.807) is 6.20 Å². The number of aromatic nitrogens is 1. The Morgan fingerprint density at radius 2 is 1.81 bits per heavy atom. The van der Waals surface area contributed by atoms with E-state index in [0.717, 1.165) is 33.7 Å². The number of nitrogens with zero attached hydrogens (tertiary/aromatic N) is 2. The third-order valence-corrected chi connectivity index (χ3v) is 6.23. The maximum atomic E-state index is 9.22. The van der Waals surface area contributed by atoms with E-state index in [1.165, 1.54) is 37.7 Å². The molecule has 0 radical (unpaired) electrons. The molecule has 1 heterocycles. The van der Waals surface area contributed by atoms with Gasteiger partial charge in [-0.25, -0.2) is 4.98 Å². The summed E-state index contributed by atoms with van der Waals surface area (Å²) >= 11 is 0. The van der Waals surface area contributed by atoms with Gasteiger partial charge in [0.1, 0.15) is 0 Å². The van der Waals surface area contributed by atoms with Crippen molar-refractivity contribution in [3.63, 3.8) is 0 Å². The number of aliphatic hydroxyl groups is 1. The number of aliphatic imine (C=N–C) groups is 1. The summed E-state index contributed by atoms with van der Waals surface area (Å²) in [5.74, 6) is 1.83. The molecule has 1 saturated carbocycles. The van der Waals surface area contributed by atoms with Crippen molar-refractivity contribution in [1.29, 1.82) is 0 Å². The number of hydrogen-bond acceptors (Lipinski definition) is 4. The summed E-state index contributed by atoms with van der Waals surface area (Å²) in [6.07, 6.45) is 8.11. The van der Waals surface area contributed by atoms with Gasteiger partial charge in [0.25, 0.3) is 0 Å². The first kappa shape index (κ1) is 21.3. The van der Waals surface area contributed by atoms with Crippen molar-refractivity contribution >= 4 is 11.4 Å². The second-order valence-corrected chi connectivity index (χ2v) is 8.44. The van der Waals surface area contributed by atoms with Gasteiger partial charge in [-0.05, 0) is 61.4 Å². The second kappa shape index (κ2) is 9.44. The van der Waals surface area contributed by atoms with Gasteiger partial charge < -0.3 is 9.52 Å². The van der Waals surface area contributed by atoms with Crippen LogP contribution in [0.4, 0.5) is 5.69 Å². The van der Waals surface area contributed by atoms with Gasteiger partial charge in [-0.2, -0.15) is 0 Å². The molecule has 0 bridgehead atoms. The smallest absolute Gasteiger partial charge is 0.226 e. The number of allylic oxidation sites excluding steroid dienone is 1. The van der Waals surface area contributed by atoms with Crippen molar-refractivity contribution in [1.82, 2.24) is 4.98 Å². The lowest BCUT2D eigenvalue weighted by atomic mass is 9.83. The topological polar surface area (TPSA) is 58.6 Å². The van der Waals surface area contributed by atoms with Crippen LogP contribution in [-0.2, 0) is 6.61 Å². The van der Waals surface area contributed by atoms with Crippen molar-refractivity contribution < 1.29 is 9.52 Å². The Bertz CT molecular complexity index is 1090. The maximum absolute atomic E-state index is 9.22. The van der Waals surface area contributed by atoms with Crippen molar-refractivity contribution in [3.8, 4) is 22.8 Å². The highest BCUT2D eigenvalue weighted by Gasteiger charge is 2.18. The van der Waals surface area contributed by atoms with Gasteiger partial charge in [0, 0.05) is 16.8 Å². The van der Waals surface area contributed by atoms with Crippen LogP contribution in [0.15, 0.2) is 70.2 Å². The van der Waals surface area contributed by atoms with Crippen molar-refractivity contribution in [2.24, 2.45) is 10.9 Å². The Morgan fingerprint density at radius 1 is 1.10 bits per heavy atom. The number of hydrogen-bond donors (Lipinski definition) is 1. The lowest BCUT2D eigenvalue weighted by Crippen LogP contribution is -2.13. The zero-order valence-corrected chi connectivity index (χ0v) is 18.4. The average Bonchev–Trinajstić information content (AvgIpc) is 3.31. The fourth-order valence-electron chi connectivity index (χ4n) is 4.18. The number of aryl methyl sites for hydroxylation is 1. The first-order chi connectivity index (χ1) is 15.0. The molecule has 0 spiro atoms. The Hall–Kier alpha value is -2.98. The van der Waals surface area contributed by atoms with Crippen LogP contribution in [0.25, 0.3) is 22.8 Å². The van der Waals surface area contributed by atoms with E-state index in [4.69, 9.17) is 9.41 Å². The Balaban J connectivity index is 1.57. The molecule has 2 aromatic carbocycles. The normalized spacial score (nSPS) is 15.3. The Morgan fingerprint density at radius 3 is 2.52 bits per heavy atom. The van der Waals surface area contributed by atoms with Crippen LogP contribution < -0.4 is 0 Å². The van der Waals surface area contributed by atoms with E-state index >= 15 is 0 Å². The predicted molar refractivity (Wildman–Crippen MR) is 127 cm³/mol. The average molecular weight is 415 g/mol. The minimum Gasteiger partial charge on any atom is -0.436 e. The molecule has 160 valence electrons. The van der Waals surface area contributed by atoms with E-state index < -0.39 is 0 Å².